The van der Waals surface area contributed by atoms with Crippen LogP contribution in [0.1, 0.15) is 28.7 Å². The molecule has 0 aliphatic heterocycles. The lowest BCUT2D eigenvalue weighted by molar-refractivity contribution is 0.0781. The van der Waals surface area contributed by atoms with Crippen LogP contribution in [0.3, 0.4) is 0 Å². The van der Waals surface area contributed by atoms with Crippen molar-refractivity contribution in [3.05, 3.63) is 57.0 Å². The van der Waals surface area contributed by atoms with Gasteiger partial charge in [0.25, 0.3) is 11.5 Å². The molecule has 8 heteroatoms. The largest absolute Gasteiger partial charge is 0.493 e. The summed E-state index contributed by atoms with van der Waals surface area (Å²) in [6, 6.07) is 5.18. The number of aromatic nitrogens is 2. The van der Waals surface area contributed by atoms with Gasteiger partial charge >= 0.3 is 0 Å². The Bertz CT molecular complexity index is 1100. The van der Waals surface area contributed by atoms with E-state index in [0.717, 1.165) is 5.56 Å². The third-order valence-corrected chi connectivity index (χ3v) is 5.10. The number of nitrogens with zero attached hydrogens (tertiary/aromatic N) is 2. The second kappa shape index (κ2) is 8.26. The SMILES string of the molecule is C/C=C/c1cc(C(=O)N(C)Cc2nc3ccsc3c(=O)[nH]2)cc(OC)c1OC. The van der Waals surface area contributed by atoms with Gasteiger partial charge < -0.3 is 19.4 Å². The summed E-state index contributed by atoms with van der Waals surface area (Å²) in [5, 5.41) is 1.82. The highest BCUT2D eigenvalue weighted by Gasteiger charge is 2.19. The summed E-state index contributed by atoms with van der Waals surface area (Å²) >= 11 is 1.34. The van der Waals surface area contributed by atoms with Crippen LogP contribution in [0.15, 0.2) is 34.4 Å². The van der Waals surface area contributed by atoms with Crippen molar-refractivity contribution in [2.24, 2.45) is 0 Å². The minimum Gasteiger partial charge on any atom is -0.493 e. The number of H-pyrrole nitrogens is 1. The number of benzene rings is 1. The van der Waals surface area contributed by atoms with Crippen molar-refractivity contribution in [3.63, 3.8) is 0 Å². The maximum absolute atomic E-state index is 13.0. The summed E-state index contributed by atoms with van der Waals surface area (Å²) in [7, 11) is 4.74. The Hall–Kier alpha value is -3.13. The Balaban J connectivity index is 1.91. The topological polar surface area (TPSA) is 84.5 Å². The fourth-order valence-electron chi connectivity index (χ4n) is 2.93. The van der Waals surface area contributed by atoms with Crippen molar-refractivity contribution >= 4 is 33.5 Å². The van der Waals surface area contributed by atoms with Gasteiger partial charge in [-0.3, -0.25) is 9.59 Å². The zero-order valence-electron chi connectivity index (χ0n) is 16.1. The summed E-state index contributed by atoms with van der Waals surface area (Å²) in [6.45, 7) is 2.06. The van der Waals surface area contributed by atoms with Gasteiger partial charge in [-0.1, -0.05) is 12.2 Å². The Labute approximate surface area is 166 Å². The number of carbonyl (C=O) groups is 1. The molecular formula is C20H21N3O4S. The number of ether oxygens (including phenoxy) is 2. The van der Waals surface area contributed by atoms with Crippen molar-refractivity contribution < 1.29 is 14.3 Å². The normalized spacial score (nSPS) is 11.1. The Kier molecular flexibility index (Phi) is 5.79. The molecule has 2 heterocycles. The predicted octanol–water partition coefficient (Wildman–Crippen LogP) is 3.31. The number of nitrogens with one attached hydrogen (secondary N) is 1. The van der Waals surface area contributed by atoms with E-state index in [1.807, 2.05) is 24.5 Å². The number of fused-ring (bicyclic) bond motifs is 1. The molecule has 0 atom stereocenters. The summed E-state index contributed by atoms with van der Waals surface area (Å²) in [5.41, 5.74) is 1.63. The van der Waals surface area contributed by atoms with Gasteiger partial charge in [0.15, 0.2) is 11.5 Å². The van der Waals surface area contributed by atoms with E-state index in [1.165, 1.54) is 23.3 Å². The fraction of sp³-hybridized carbons (Fsp3) is 0.250. The zero-order chi connectivity index (χ0) is 20.3. The number of allylic oxidation sites excluding steroid dienone is 1. The number of thiophene rings is 1. The summed E-state index contributed by atoms with van der Waals surface area (Å²) < 4.78 is 11.4. The second-order valence-corrected chi connectivity index (χ2v) is 7.03. The maximum Gasteiger partial charge on any atom is 0.268 e. The van der Waals surface area contributed by atoms with E-state index >= 15 is 0 Å². The van der Waals surface area contributed by atoms with E-state index in [4.69, 9.17) is 9.47 Å². The molecule has 2 aromatic heterocycles. The van der Waals surface area contributed by atoms with Crippen LogP contribution in [0.2, 0.25) is 0 Å². The van der Waals surface area contributed by atoms with Crippen LogP contribution in [0, 0.1) is 0 Å². The highest BCUT2D eigenvalue weighted by Crippen LogP contribution is 2.34. The molecule has 0 aliphatic carbocycles. The molecule has 7 nitrogen and oxygen atoms in total. The van der Waals surface area contributed by atoms with E-state index < -0.39 is 0 Å². The number of rotatable bonds is 6. The van der Waals surface area contributed by atoms with Crippen LogP contribution in [0.5, 0.6) is 11.5 Å². The molecule has 0 spiro atoms. The summed E-state index contributed by atoms with van der Waals surface area (Å²) in [5.74, 6) is 1.25. The molecule has 1 amide bonds. The van der Waals surface area contributed by atoms with Crippen LogP contribution in [-0.2, 0) is 6.54 Å². The summed E-state index contributed by atoms with van der Waals surface area (Å²) in [6.07, 6.45) is 3.71. The van der Waals surface area contributed by atoms with E-state index in [0.29, 0.717) is 33.1 Å². The van der Waals surface area contributed by atoms with Crippen molar-refractivity contribution in [1.82, 2.24) is 14.9 Å². The molecule has 0 saturated heterocycles. The first-order valence-electron chi connectivity index (χ1n) is 8.59. The Morgan fingerprint density at radius 2 is 2.11 bits per heavy atom. The molecule has 28 heavy (non-hydrogen) atoms. The average molecular weight is 399 g/mol. The Morgan fingerprint density at radius 1 is 1.32 bits per heavy atom. The number of aromatic amines is 1. The molecule has 3 aromatic rings. The van der Waals surface area contributed by atoms with Gasteiger partial charge in [0.2, 0.25) is 0 Å². The van der Waals surface area contributed by atoms with Crippen molar-refractivity contribution in [3.8, 4) is 11.5 Å². The van der Waals surface area contributed by atoms with E-state index in [9.17, 15) is 9.59 Å². The van der Waals surface area contributed by atoms with Gasteiger partial charge in [-0.05, 0) is 30.5 Å². The van der Waals surface area contributed by atoms with Gasteiger partial charge in [-0.25, -0.2) is 4.98 Å². The van der Waals surface area contributed by atoms with Crippen LogP contribution in [0.4, 0.5) is 0 Å². The molecule has 0 unspecified atom stereocenters. The average Bonchev–Trinajstić information content (AvgIpc) is 3.16. The minimum atomic E-state index is -0.222. The quantitative estimate of drug-likeness (QED) is 0.687. The zero-order valence-corrected chi connectivity index (χ0v) is 16.9. The molecule has 0 bridgehead atoms. The van der Waals surface area contributed by atoms with Crippen LogP contribution < -0.4 is 15.0 Å². The lowest BCUT2D eigenvalue weighted by atomic mass is 10.1. The van der Waals surface area contributed by atoms with Crippen LogP contribution >= 0.6 is 11.3 Å². The van der Waals surface area contributed by atoms with Gasteiger partial charge in [0.05, 0.1) is 26.3 Å². The first kappa shape index (κ1) is 19.6. The van der Waals surface area contributed by atoms with Crippen LogP contribution in [-0.4, -0.2) is 42.0 Å². The molecule has 146 valence electrons. The third-order valence-electron chi connectivity index (χ3n) is 4.20. The first-order valence-corrected chi connectivity index (χ1v) is 9.47. The number of amides is 1. The standard InChI is InChI=1S/C20H21N3O4S/c1-5-6-12-9-13(10-15(26-3)17(12)27-4)20(25)23(2)11-16-21-14-7-8-28-18(14)19(24)22-16/h5-10H,11H2,1-4H3,(H,21,22,24)/b6-5+. The van der Waals surface area contributed by atoms with Gasteiger partial charge in [-0.15, -0.1) is 11.3 Å². The summed E-state index contributed by atoms with van der Waals surface area (Å²) in [4.78, 5) is 33.7. The van der Waals surface area contributed by atoms with Crippen molar-refractivity contribution in [2.45, 2.75) is 13.5 Å². The van der Waals surface area contributed by atoms with Gasteiger partial charge in [0.1, 0.15) is 10.5 Å². The van der Waals surface area contributed by atoms with Gasteiger partial charge in [0, 0.05) is 18.2 Å². The fourth-order valence-corrected chi connectivity index (χ4v) is 3.66. The third kappa shape index (κ3) is 3.77. The number of hydrogen-bond donors (Lipinski definition) is 1. The molecule has 0 fully saturated rings. The second-order valence-electron chi connectivity index (χ2n) is 6.11. The lowest BCUT2D eigenvalue weighted by Crippen LogP contribution is -2.28. The number of carbonyl (C=O) groups excluding carboxylic acids is 1. The first-order chi connectivity index (χ1) is 13.5. The van der Waals surface area contributed by atoms with E-state index in [2.05, 4.69) is 9.97 Å². The van der Waals surface area contributed by atoms with Crippen LogP contribution in [0.25, 0.3) is 16.3 Å². The molecule has 1 aromatic carbocycles. The highest BCUT2D eigenvalue weighted by molar-refractivity contribution is 7.17. The monoisotopic (exact) mass is 399 g/mol. The van der Waals surface area contributed by atoms with E-state index in [1.54, 1.807) is 32.4 Å². The molecule has 3 rings (SSSR count). The highest BCUT2D eigenvalue weighted by atomic mass is 32.1. The minimum absolute atomic E-state index is 0.174. The molecule has 0 saturated carbocycles. The predicted molar refractivity (Wildman–Crippen MR) is 110 cm³/mol. The lowest BCUT2D eigenvalue weighted by Gasteiger charge is -2.19. The number of hydrogen-bond acceptors (Lipinski definition) is 6. The van der Waals surface area contributed by atoms with E-state index in [-0.39, 0.29) is 18.0 Å². The molecular weight excluding hydrogens is 378 g/mol. The Morgan fingerprint density at radius 3 is 2.79 bits per heavy atom. The molecule has 1 N–H and O–H groups in total. The number of methoxy groups -OCH3 is 2. The van der Waals surface area contributed by atoms with Crippen molar-refractivity contribution in [2.75, 3.05) is 21.3 Å². The van der Waals surface area contributed by atoms with Crippen molar-refractivity contribution in [1.29, 1.82) is 0 Å². The smallest absolute Gasteiger partial charge is 0.268 e. The molecule has 0 aliphatic rings. The maximum atomic E-state index is 13.0. The van der Waals surface area contributed by atoms with Gasteiger partial charge in [-0.2, -0.15) is 0 Å². The molecule has 0 radical (unpaired) electrons.